The minimum Gasteiger partial charge on any atom is -0.382 e. The maximum atomic E-state index is 7.33. The zero-order valence-electron chi connectivity index (χ0n) is 26.5. The van der Waals surface area contributed by atoms with Gasteiger partial charge in [-0.1, -0.05) is 72.3 Å². The van der Waals surface area contributed by atoms with E-state index in [1.54, 1.807) is 18.5 Å². The SMILES string of the molecule is Cc1ccc(-c2cnc3ccccc3c2)c(C)c1.N=C(N)C1=CC=CC(c2ccccn2)N1.NCc1cccc(-c2ccccn2)n1. The van der Waals surface area contributed by atoms with Gasteiger partial charge in [-0.15, -0.1) is 0 Å². The predicted octanol–water partition coefficient (Wildman–Crippen LogP) is 7.22. The Morgan fingerprint density at radius 2 is 1.57 bits per heavy atom. The van der Waals surface area contributed by atoms with Gasteiger partial charge in [0.15, 0.2) is 0 Å². The fraction of sp³-hybridized carbons (Fsp3) is 0.103. The Bertz CT molecular complexity index is 2000. The molecule has 0 bridgehead atoms. The van der Waals surface area contributed by atoms with Crippen LogP contribution in [0.5, 0.6) is 0 Å². The number of aromatic nitrogens is 4. The van der Waals surface area contributed by atoms with Crippen LogP contribution in [0.25, 0.3) is 33.4 Å². The summed E-state index contributed by atoms with van der Waals surface area (Å²) in [5, 5.41) is 11.7. The molecule has 1 unspecified atom stereocenters. The highest BCUT2D eigenvalue weighted by Gasteiger charge is 2.14. The van der Waals surface area contributed by atoms with Crippen molar-refractivity contribution in [2.24, 2.45) is 11.5 Å². The maximum Gasteiger partial charge on any atom is 0.139 e. The number of para-hydroxylation sites is 1. The first-order valence-electron chi connectivity index (χ1n) is 15.3. The number of aryl methyl sites for hydroxylation is 2. The zero-order chi connectivity index (χ0) is 33.0. The third-order valence-electron chi connectivity index (χ3n) is 7.40. The summed E-state index contributed by atoms with van der Waals surface area (Å²) in [5.74, 6) is 0.0419. The van der Waals surface area contributed by atoms with Gasteiger partial charge in [-0.2, -0.15) is 0 Å². The van der Waals surface area contributed by atoms with Gasteiger partial charge in [-0.25, -0.2) is 4.98 Å². The van der Waals surface area contributed by atoms with E-state index in [2.05, 4.69) is 75.5 Å². The molecule has 0 saturated heterocycles. The molecule has 0 saturated carbocycles. The molecular formula is C39H38N8. The molecule has 7 rings (SSSR count). The van der Waals surface area contributed by atoms with Crippen LogP contribution in [0.1, 0.15) is 28.6 Å². The largest absolute Gasteiger partial charge is 0.382 e. The number of dihydropyridines is 1. The summed E-state index contributed by atoms with van der Waals surface area (Å²) in [6, 6.07) is 34.3. The van der Waals surface area contributed by atoms with Crippen LogP contribution in [-0.4, -0.2) is 25.8 Å². The molecule has 0 fully saturated rings. The highest BCUT2D eigenvalue weighted by Crippen LogP contribution is 2.26. The number of amidine groups is 1. The third kappa shape index (κ3) is 8.81. The van der Waals surface area contributed by atoms with E-state index < -0.39 is 0 Å². The molecule has 8 heteroatoms. The molecule has 1 atom stereocenters. The Kier molecular flexibility index (Phi) is 10.9. The van der Waals surface area contributed by atoms with E-state index in [0.29, 0.717) is 12.2 Å². The van der Waals surface area contributed by atoms with Crippen molar-refractivity contribution in [1.82, 2.24) is 25.3 Å². The summed E-state index contributed by atoms with van der Waals surface area (Å²) in [6.45, 7) is 4.73. The van der Waals surface area contributed by atoms with Crippen LogP contribution >= 0.6 is 0 Å². The van der Waals surface area contributed by atoms with Crippen molar-refractivity contribution in [2.45, 2.75) is 26.4 Å². The minimum atomic E-state index is -0.00454. The highest BCUT2D eigenvalue weighted by molar-refractivity contribution is 5.94. The summed E-state index contributed by atoms with van der Waals surface area (Å²) in [7, 11) is 0. The Morgan fingerprint density at radius 3 is 2.30 bits per heavy atom. The monoisotopic (exact) mass is 618 g/mol. The van der Waals surface area contributed by atoms with E-state index in [0.717, 1.165) is 28.3 Å². The van der Waals surface area contributed by atoms with Gasteiger partial charge in [0.05, 0.1) is 40.0 Å². The number of fused-ring (bicyclic) bond motifs is 1. The van der Waals surface area contributed by atoms with Gasteiger partial charge in [0.2, 0.25) is 0 Å². The standard InChI is InChI=1S/C17H15N.C11H12N4.C11H11N3/c1-12-7-8-16(13(2)9-12)15-10-14-5-3-4-6-17(14)18-11-15;12-11(13)10-6-3-5-9(15-10)8-4-1-2-7-14-8;12-8-9-4-3-6-11(14-9)10-5-1-2-7-13-10/h3-11H,1-2H3;1-7,9,15H,(H3,12,13);1-7H,8,12H2. The van der Waals surface area contributed by atoms with Gasteiger partial charge in [0, 0.05) is 36.1 Å². The number of benzene rings is 2. The van der Waals surface area contributed by atoms with Crippen LogP contribution in [0.3, 0.4) is 0 Å². The van der Waals surface area contributed by atoms with E-state index in [-0.39, 0.29) is 11.9 Å². The molecular weight excluding hydrogens is 580 g/mol. The first kappa shape index (κ1) is 32.4. The number of nitrogens with zero attached hydrogens (tertiary/aromatic N) is 4. The summed E-state index contributed by atoms with van der Waals surface area (Å²) in [4.78, 5) is 17.4. The second-order valence-corrected chi connectivity index (χ2v) is 10.9. The van der Waals surface area contributed by atoms with Gasteiger partial charge < -0.3 is 16.8 Å². The first-order valence-corrected chi connectivity index (χ1v) is 15.3. The minimum absolute atomic E-state index is 0.00454. The number of nitrogens with two attached hydrogens (primary N) is 2. The molecule has 0 aliphatic carbocycles. The third-order valence-corrected chi connectivity index (χ3v) is 7.40. The number of allylic oxidation sites excluding steroid dienone is 2. The summed E-state index contributed by atoms with van der Waals surface area (Å²) in [5.41, 5.74) is 21.2. The van der Waals surface area contributed by atoms with Crippen molar-refractivity contribution < 1.29 is 0 Å². The zero-order valence-corrected chi connectivity index (χ0v) is 26.5. The first-order chi connectivity index (χ1) is 22.9. The number of pyridine rings is 4. The molecule has 1 aliphatic heterocycles. The maximum absolute atomic E-state index is 7.33. The molecule has 234 valence electrons. The van der Waals surface area contributed by atoms with Crippen LogP contribution < -0.4 is 16.8 Å². The molecule has 5 heterocycles. The van der Waals surface area contributed by atoms with Crippen molar-refractivity contribution in [3.05, 3.63) is 168 Å². The molecule has 4 aromatic heterocycles. The van der Waals surface area contributed by atoms with E-state index >= 15 is 0 Å². The van der Waals surface area contributed by atoms with E-state index in [9.17, 15) is 0 Å². The van der Waals surface area contributed by atoms with Crippen LogP contribution in [0, 0.1) is 19.3 Å². The van der Waals surface area contributed by atoms with Crippen LogP contribution in [0.4, 0.5) is 0 Å². The Hall–Kier alpha value is -5.99. The molecule has 0 spiro atoms. The number of hydrogen-bond donors (Lipinski definition) is 4. The Morgan fingerprint density at radius 1 is 0.809 bits per heavy atom. The van der Waals surface area contributed by atoms with Crippen molar-refractivity contribution in [3.8, 4) is 22.5 Å². The Labute approximate surface area is 275 Å². The van der Waals surface area contributed by atoms with Gasteiger partial charge in [0.25, 0.3) is 0 Å². The molecule has 47 heavy (non-hydrogen) atoms. The quantitative estimate of drug-likeness (QED) is 0.118. The molecule has 2 aromatic carbocycles. The van der Waals surface area contributed by atoms with Crippen molar-refractivity contribution in [3.63, 3.8) is 0 Å². The van der Waals surface area contributed by atoms with Gasteiger partial charge in [-0.05, 0) is 79.6 Å². The summed E-state index contributed by atoms with van der Waals surface area (Å²) < 4.78 is 0. The molecule has 0 radical (unpaired) electrons. The molecule has 6 N–H and O–H groups in total. The second-order valence-electron chi connectivity index (χ2n) is 10.9. The fourth-order valence-corrected chi connectivity index (χ4v) is 5.03. The normalized spacial score (nSPS) is 13.3. The average Bonchev–Trinajstić information content (AvgIpc) is 3.13. The van der Waals surface area contributed by atoms with Gasteiger partial charge >= 0.3 is 0 Å². The summed E-state index contributed by atoms with van der Waals surface area (Å²) >= 11 is 0. The van der Waals surface area contributed by atoms with Crippen molar-refractivity contribution in [2.75, 3.05) is 0 Å². The topological polar surface area (TPSA) is 139 Å². The van der Waals surface area contributed by atoms with Crippen LogP contribution in [0.15, 0.2) is 146 Å². The predicted molar refractivity (Wildman–Crippen MR) is 191 cm³/mol. The van der Waals surface area contributed by atoms with E-state index in [1.807, 2.05) is 85.1 Å². The van der Waals surface area contributed by atoms with E-state index in [4.69, 9.17) is 16.9 Å². The number of nitrogens with one attached hydrogen (secondary N) is 2. The molecule has 6 aromatic rings. The fourth-order valence-electron chi connectivity index (χ4n) is 5.03. The van der Waals surface area contributed by atoms with Gasteiger partial charge in [-0.3, -0.25) is 20.4 Å². The number of hydrogen-bond acceptors (Lipinski definition) is 7. The molecule has 1 aliphatic rings. The highest BCUT2D eigenvalue weighted by atomic mass is 15.0. The lowest BCUT2D eigenvalue weighted by Gasteiger charge is -2.20. The van der Waals surface area contributed by atoms with Crippen LogP contribution in [-0.2, 0) is 6.54 Å². The van der Waals surface area contributed by atoms with Crippen molar-refractivity contribution >= 4 is 16.7 Å². The molecule has 8 nitrogen and oxygen atoms in total. The van der Waals surface area contributed by atoms with E-state index in [1.165, 1.54) is 27.6 Å². The lowest BCUT2D eigenvalue weighted by molar-refractivity contribution is 0.702. The summed E-state index contributed by atoms with van der Waals surface area (Å²) in [6.07, 6.45) is 11.1. The smallest absolute Gasteiger partial charge is 0.139 e. The van der Waals surface area contributed by atoms with Crippen molar-refractivity contribution in [1.29, 1.82) is 5.41 Å². The van der Waals surface area contributed by atoms with Gasteiger partial charge in [0.1, 0.15) is 5.84 Å². The average molecular weight is 619 g/mol. The molecule has 0 amide bonds. The lowest BCUT2D eigenvalue weighted by Crippen LogP contribution is -2.30. The number of rotatable bonds is 5. The van der Waals surface area contributed by atoms with Crippen LogP contribution in [0.2, 0.25) is 0 Å². The Balaban J connectivity index is 0.000000140. The lowest BCUT2D eigenvalue weighted by atomic mass is 9.99. The second kappa shape index (κ2) is 15.8.